The zero-order valence-electron chi connectivity index (χ0n) is 24.8. The topological polar surface area (TPSA) is 106 Å². The van der Waals surface area contributed by atoms with Gasteiger partial charge in [-0.2, -0.15) is 0 Å². The zero-order valence-corrected chi connectivity index (χ0v) is 24.8. The molecule has 42 heavy (non-hydrogen) atoms. The molecule has 0 spiro atoms. The fraction of sp³-hybridized carbons (Fsp3) is 0.364. The summed E-state index contributed by atoms with van der Waals surface area (Å²) in [5.74, 6) is 1.45. The highest BCUT2D eigenvalue weighted by Gasteiger charge is 2.21. The monoisotopic (exact) mass is 565 g/mol. The number of carbonyl (C=O) groups is 1. The summed E-state index contributed by atoms with van der Waals surface area (Å²) < 4.78 is 7.54. The third-order valence-electron chi connectivity index (χ3n) is 8.16. The van der Waals surface area contributed by atoms with E-state index in [1.807, 2.05) is 18.2 Å². The molecule has 2 aromatic heterocycles. The third-order valence-corrected chi connectivity index (χ3v) is 8.16. The molecule has 9 nitrogen and oxygen atoms in total. The Bertz CT molecular complexity index is 1780. The van der Waals surface area contributed by atoms with E-state index in [4.69, 9.17) is 15.1 Å². The zero-order chi connectivity index (χ0) is 29.4. The van der Waals surface area contributed by atoms with E-state index >= 15 is 0 Å². The van der Waals surface area contributed by atoms with Crippen LogP contribution in [0.2, 0.25) is 0 Å². The molecule has 218 valence electrons. The number of hydrogen-bond donors (Lipinski definition) is 3. The van der Waals surface area contributed by atoms with Gasteiger partial charge in [0.25, 0.3) is 0 Å². The number of ether oxygens (including phenoxy) is 1. The smallest absolute Gasteiger partial charge is 0.233 e. The van der Waals surface area contributed by atoms with E-state index in [9.17, 15) is 4.79 Å². The van der Waals surface area contributed by atoms with Crippen LogP contribution in [-0.4, -0.2) is 69.7 Å². The van der Waals surface area contributed by atoms with E-state index < -0.39 is 0 Å². The summed E-state index contributed by atoms with van der Waals surface area (Å²) in [4.78, 5) is 28.7. The summed E-state index contributed by atoms with van der Waals surface area (Å²) in [7, 11) is 0. The third kappa shape index (κ3) is 5.32. The van der Waals surface area contributed by atoms with Crippen molar-refractivity contribution < 1.29 is 9.53 Å². The van der Waals surface area contributed by atoms with Gasteiger partial charge < -0.3 is 19.6 Å². The Morgan fingerprint density at radius 1 is 0.976 bits per heavy atom. The van der Waals surface area contributed by atoms with Gasteiger partial charge in [0.05, 0.1) is 16.7 Å². The van der Waals surface area contributed by atoms with E-state index in [1.54, 1.807) is 6.92 Å². The average Bonchev–Trinajstić information content (AvgIpc) is 3.58. The van der Waals surface area contributed by atoms with Crippen molar-refractivity contribution >= 4 is 33.7 Å². The Morgan fingerprint density at radius 3 is 2.43 bits per heavy atom. The number of H-pyrrole nitrogens is 2. The van der Waals surface area contributed by atoms with Crippen LogP contribution in [0.25, 0.3) is 33.5 Å². The number of rotatable bonds is 7. The number of imidazole rings is 2. The Labute approximate surface area is 245 Å². The predicted molar refractivity (Wildman–Crippen MR) is 167 cm³/mol. The lowest BCUT2D eigenvalue weighted by Gasteiger charge is -2.36. The van der Waals surface area contributed by atoms with Gasteiger partial charge in [-0.15, -0.1) is 0 Å². The first-order valence-electron chi connectivity index (χ1n) is 14.7. The summed E-state index contributed by atoms with van der Waals surface area (Å²) in [6, 6.07) is 20.7. The molecule has 3 heterocycles. The minimum Gasteiger partial charge on any atom is -0.490 e. The first kappa shape index (κ1) is 27.8. The number of para-hydroxylation sites is 2. The fourth-order valence-electron chi connectivity index (χ4n) is 5.70. The first-order chi connectivity index (χ1) is 20.2. The Balaban J connectivity index is 1.09. The molecule has 9 heteroatoms. The lowest BCUT2D eigenvalue weighted by molar-refractivity contribution is 0.0908. The number of benzene rings is 3. The highest BCUT2D eigenvalue weighted by molar-refractivity contribution is 5.92. The van der Waals surface area contributed by atoms with Crippen LogP contribution in [0.15, 0.2) is 60.7 Å². The van der Waals surface area contributed by atoms with E-state index in [0.29, 0.717) is 29.8 Å². The highest BCUT2D eigenvalue weighted by Crippen LogP contribution is 2.30. The number of anilines is 1. The van der Waals surface area contributed by atoms with Gasteiger partial charge in [-0.25, -0.2) is 9.55 Å². The second kappa shape index (κ2) is 11.1. The second-order valence-electron chi connectivity index (χ2n) is 12.0. The number of nitrogens with zero attached hydrogens (tertiary/aromatic N) is 4. The molecule has 6 rings (SSSR count). The first-order valence-corrected chi connectivity index (χ1v) is 14.7. The van der Waals surface area contributed by atoms with Crippen LogP contribution < -0.4 is 15.3 Å². The van der Waals surface area contributed by atoms with Crippen molar-refractivity contribution in [2.75, 3.05) is 44.2 Å². The number of aromatic amines is 2. The maximum atomic E-state index is 12.3. The van der Waals surface area contributed by atoms with Crippen molar-refractivity contribution in [2.45, 2.75) is 39.5 Å². The molecule has 0 atom stereocenters. The van der Waals surface area contributed by atoms with Gasteiger partial charge in [0.15, 0.2) is 0 Å². The molecule has 3 N–H and O–H groups in total. The van der Waals surface area contributed by atoms with Crippen molar-refractivity contribution in [1.82, 2.24) is 24.4 Å². The van der Waals surface area contributed by atoms with Gasteiger partial charge in [-0.05, 0) is 35.2 Å². The number of piperazine rings is 1. The highest BCUT2D eigenvalue weighted by atomic mass is 16.5. The standard InChI is InChI=1S/C33H39N7O2/c1-5-28(41)40-26-10-7-11-27(30(26)37-32(40)34)42-21-20-38-16-18-39(19-17-38)25-9-6-8-24-29(25)36-31(35-24)22-12-14-23(15-13-22)33(2,3)4/h6-15H,5,16-21H2,1-4H3,(H2,34,37)(H,35,36). The van der Waals surface area contributed by atoms with Gasteiger partial charge in [0.1, 0.15) is 29.2 Å². The van der Waals surface area contributed by atoms with Gasteiger partial charge in [0, 0.05) is 44.7 Å². The van der Waals surface area contributed by atoms with Gasteiger partial charge >= 0.3 is 0 Å². The molecule has 1 saturated heterocycles. The van der Waals surface area contributed by atoms with Crippen LogP contribution in [0.5, 0.6) is 5.75 Å². The van der Waals surface area contributed by atoms with Gasteiger partial charge in [-0.3, -0.25) is 15.1 Å². The van der Waals surface area contributed by atoms with Crippen molar-refractivity contribution in [3.63, 3.8) is 0 Å². The molecular weight excluding hydrogens is 526 g/mol. The quantitative estimate of drug-likeness (QED) is 0.240. The number of fused-ring (bicyclic) bond motifs is 2. The SMILES string of the molecule is CCC(=O)n1c(=N)[nH]c2c(OCCN3CCN(c4cccc5[nH]c(-c6ccc(C(C)(C)C)cc6)nc45)CC3)cccc21. The van der Waals surface area contributed by atoms with Crippen LogP contribution in [0.1, 0.15) is 44.5 Å². The minimum absolute atomic E-state index is 0.0708. The summed E-state index contributed by atoms with van der Waals surface area (Å²) in [6.07, 6.45) is 0.335. The van der Waals surface area contributed by atoms with Gasteiger partial charge in [0.2, 0.25) is 11.5 Å². The Hall–Kier alpha value is -4.37. The van der Waals surface area contributed by atoms with Gasteiger partial charge in [-0.1, -0.05) is 64.1 Å². The van der Waals surface area contributed by atoms with E-state index in [2.05, 4.69) is 83.0 Å². The maximum absolute atomic E-state index is 12.3. The summed E-state index contributed by atoms with van der Waals surface area (Å²) >= 11 is 0. The predicted octanol–water partition coefficient (Wildman–Crippen LogP) is 5.54. The summed E-state index contributed by atoms with van der Waals surface area (Å²) in [5, 5.41) is 8.19. The number of aromatic nitrogens is 4. The summed E-state index contributed by atoms with van der Waals surface area (Å²) in [5.41, 5.74) is 7.18. The van der Waals surface area contributed by atoms with Crippen LogP contribution in [-0.2, 0) is 5.41 Å². The number of carbonyl (C=O) groups excluding carboxylic acids is 1. The van der Waals surface area contributed by atoms with Crippen LogP contribution in [0.4, 0.5) is 5.69 Å². The largest absolute Gasteiger partial charge is 0.490 e. The molecule has 0 bridgehead atoms. The Morgan fingerprint density at radius 2 is 1.71 bits per heavy atom. The summed E-state index contributed by atoms with van der Waals surface area (Å²) in [6.45, 7) is 13.5. The van der Waals surface area contributed by atoms with E-state index in [1.165, 1.54) is 10.1 Å². The Kier molecular flexibility index (Phi) is 7.36. The molecule has 0 radical (unpaired) electrons. The average molecular weight is 566 g/mol. The van der Waals surface area contributed by atoms with E-state index in [0.717, 1.165) is 60.8 Å². The molecule has 1 fully saturated rings. The molecule has 1 aliphatic heterocycles. The fourth-order valence-corrected chi connectivity index (χ4v) is 5.70. The van der Waals surface area contributed by atoms with Crippen molar-refractivity contribution in [3.05, 3.63) is 71.8 Å². The van der Waals surface area contributed by atoms with Crippen molar-refractivity contribution in [2.24, 2.45) is 0 Å². The molecule has 1 aliphatic rings. The molecule has 0 aliphatic carbocycles. The normalized spacial score (nSPS) is 14.6. The molecule has 0 unspecified atom stereocenters. The number of hydrogen-bond acceptors (Lipinski definition) is 6. The molecule has 3 aromatic carbocycles. The minimum atomic E-state index is -0.113. The molecule has 0 amide bonds. The number of nitrogens with one attached hydrogen (secondary N) is 3. The lowest BCUT2D eigenvalue weighted by Crippen LogP contribution is -2.47. The van der Waals surface area contributed by atoms with Crippen molar-refractivity contribution in [1.29, 1.82) is 5.41 Å². The lowest BCUT2D eigenvalue weighted by atomic mass is 9.87. The van der Waals surface area contributed by atoms with Crippen LogP contribution >= 0.6 is 0 Å². The van der Waals surface area contributed by atoms with Crippen LogP contribution in [0, 0.1) is 5.41 Å². The van der Waals surface area contributed by atoms with Crippen molar-refractivity contribution in [3.8, 4) is 17.1 Å². The van der Waals surface area contributed by atoms with Crippen LogP contribution in [0.3, 0.4) is 0 Å². The molecule has 0 saturated carbocycles. The molecule has 5 aromatic rings. The molecular formula is C33H39N7O2. The maximum Gasteiger partial charge on any atom is 0.233 e. The van der Waals surface area contributed by atoms with E-state index in [-0.39, 0.29) is 16.9 Å². The second-order valence-corrected chi connectivity index (χ2v) is 12.0.